The molecule has 37 heavy (non-hydrogen) atoms. The van der Waals surface area contributed by atoms with E-state index in [1.54, 1.807) is 0 Å². The first kappa shape index (κ1) is 30.2. The van der Waals surface area contributed by atoms with E-state index in [9.17, 15) is 22.8 Å². The van der Waals surface area contributed by atoms with Crippen molar-refractivity contribution >= 4 is 50.3 Å². The number of nitrogens with one attached hydrogen (secondary N) is 1. The van der Waals surface area contributed by atoms with Gasteiger partial charge in [0.25, 0.3) is 0 Å². The molecule has 8 nitrogen and oxygen atoms in total. The Morgan fingerprint density at radius 1 is 1.05 bits per heavy atom. The van der Waals surface area contributed by atoms with Gasteiger partial charge in [-0.3, -0.25) is 9.59 Å². The number of para-hydroxylation sites is 1. The molecule has 200 valence electrons. The van der Waals surface area contributed by atoms with Gasteiger partial charge in [0.2, 0.25) is 11.0 Å². The molecule has 0 aliphatic heterocycles. The van der Waals surface area contributed by atoms with Gasteiger partial charge in [0.1, 0.15) is 0 Å². The molecule has 0 aliphatic carbocycles. The standard InChI is InChI=1S/C22H26N4O2S2.C2HF3O2/c23-14-6-10-18(21(28)30-22-26-17-9-4-5-11-19(17)29-22)25-20(27)16(24)13-12-15-7-2-1-3-8-15;3-2(4,5)1(6)7/h1-5,7-9,11,16,18H,6,10,12-14,23-24H2,(H,25,27);(H,6,7)/t16-,18-;/m0./s1. The molecule has 0 saturated carbocycles. The van der Waals surface area contributed by atoms with Crippen molar-refractivity contribution in [2.24, 2.45) is 11.5 Å². The van der Waals surface area contributed by atoms with Crippen LogP contribution in [-0.4, -0.2) is 51.9 Å². The lowest BCUT2D eigenvalue weighted by atomic mass is 10.0. The third-order valence-electron chi connectivity index (χ3n) is 4.93. The Labute approximate surface area is 219 Å². The monoisotopic (exact) mass is 556 g/mol. The number of thioether (sulfide) groups is 1. The Morgan fingerprint density at radius 3 is 2.27 bits per heavy atom. The van der Waals surface area contributed by atoms with Crippen molar-refractivity contribution in [3.8, 4) is 0 Å². The lowest BCUT2D eigenvalue weighted by molar-refractivity contribution is -0.192. The van der Waals surface area contributed by atoms with E-state index in [0.29, 0.717) is 36.6 Å². The summed E-state index contributed by atoms with van der Waals surface area (Å²) in [5, 5.41) is 9.81. The number of aliphatic carboxylic acids is 1. The van der Waals surface area contributed by atoms with E-state index in [2.05, 4.69) is 10.3 Å². The number of carboxylic acid groups (broad SMARTS) is 1. The second kappa shape index (κ2) is 14.7. The number of fused-ring (bicyclic) bond motifs is 1. The van der Waals surface area contributed by atoms with Crippen molar-refractivity contribution in [1.82, 2.24) is 10.3 Å². The van der Waals surface area contributed by atoms with Gasteiger partial charge in [-0.2, -0.15) is 13.2 Å². The highest BCUT2D eigenvalue weighted by molar-refractivity contribution is 8.15. The summed E-state index contributed by atoms with van der Waals surface area (Å²) in [6, 6.07) is 16.3. The summed E-state index contributed by atoms with van der Waals surface area (Å²) in [6.07, 6.45) is -2.75. The fourth-order valence-electron chi connectivity index (χ4n) is 3.00. The van der Waals surface area contributed by atoms with Crippen LogP contribution in [0.3, 0.4) is 0 Å². The van der Waals surface area contributed by atoms with Crippen LogP contribution in [0.25, 0.3) is 10.2 Å². The van der Waals surface area contributed by atoms with Crippen LogP contribution in [0.5, 0.6) is 0 Å². The largest absolute Gasteiger partial charge is 0.490 e. The van der Waals surface area contributed by atoms with Crippen LogP contribution in [-0.2, 0) is 20.8 Å². The topological polar surface area (TPSA) is 148 Å². The second-order valence-electron chi connectivity index (χ2n) is 7.79. The number of carbonyl (C=O) groups is 3. The maximum Gasteiger partial charge on any atom is 0.490 e. The van der Waals surface area contributed by atoms with Crippen LogP contribution in [0.2, 0.25) is 0 Å². The number of thiazole rings is 1. The van der Waals surface area contributed by atoms with E-state index >= 15 is 0 Å². The Morgan fingerprint density at radius 2 is 1.68 bits per heavy atom. The smallest absolute Gasteiger partial charge is 0.475 e. The van der Waals surface area contributed by atoms with Gasteiger partial charge in [-0.25, -0.2) is 9.78 Å². The van der Waals surface area contributed by atoms with E-state index in [1.165, 1.54) is 11.3 Å². The van der Waals surface area contributed by atoms with Crippen molar-refractivity contribution in [2.45, 2.75) is 48.3 Å². The molecular formula is C24H27F3N4O4S2. The molecular weight excluding hydrogens is 529 g/mol. The molecule has 0 spiro atoms. The molecule has 3 aromatic rings. The quantitative estimate of drug-likeness (QED) is 0.276. The minimum absolute atomic E-state index is 0.147. The number of hydrogen-bond acceptors (Lipinski definition) is 8. The number of aromatic nitrogens is 1. The summed E-state index contributed by atoms with van der Waals surface area (Å²) in [5.74, 6) is -3.07. The maximum atomic E-state index is 12.9. The molecule has 2 aromatic carbocycles. The van der Waals surface area contributed by atoms with Gasteiger partial charge >= 0.3 is 12.1 Å². The maximum absolute atomic E-state index is 12.9. The summed E-state index contributed by atoms with van der Waals surface area (Å²) in [5.41, 5.74) is 13.7. The van der Waals surface area contributed by atoms with Gasteiger partial charge in [-0.15, -0.1) is 11.3 Å². The van der Waals surface area contributed by atoms with Crippen molar-refractivity contribution in [3.63, 3.8) is 0 Å². The summed E-state index contributed by atoms with van der Waals surface area (Å²) in [6.45, 7) is 0.450. The number of nitrogens with two attached hydrogens (primary N) is 2. The van der Waals surface area contributed by atoms with E-state index in [4.69, 9.17) is 21.4 Å². The molecule has 0 aliphatic rings. The summed E-state index contributed by atoms with van der Waals surface area (Å²) in [4.78, 5) is 38.8. The van der Waals surface area contributed by atoms with Gasteiger partial charge in [-0.1, -0.05) is 42.5 Å². The first-order valence-electron chi connectivity index (χ1n) is 11.2. The third-order valence-corrected chi connectivity index (χ3v) is 7.01. The summed E-state index contributed by atoms with van der Waals surface area (Å²) < 4.78 is 33.4. The van der Waals surface area contributed by atoms with Crippen LogP contribution in [0, 0.1) is 0 Å². The average molecular weight is 557 g/mol. The first-order chi connectivity index (χ1) is 17.5. The number of halogens is 3. The zero-order valence-corrected chi connectivity index (χ0v) is 21.2. The van der Waals surface area contributed by atoms with E-state index in [0.717, 1.165) is 27.5 Å². The lowest BCUT2D eigenvalue weighted by Crippen LogP contribution is -2.48. The zero-order valence-electron chi connectivity index (χ0n) is 19.6. The van der Waals surface area contributed by atoms with Crippen molar-refractivity contribution < 1.29 is 32.7 Å². The molecule has 1 aromatic heterocycles. The van der Waals surface area contributed by atoms with E-state index in [-0.39, 0.29) is 11.0 Å². The molecule has 0 bridgehead atoms. The molecule has 0 saturated heterocycles. The fourth-order valence-corrected chi connectivity index (χ4v) is 5.01. The van der Waals surface area contributed by atoms with Crippen LogP contribution in [0.15, 0.2) is 58.9 Å². The molecule has 0 unspecified atom stereocenters. The number of aryl methyl sites for hydroxylation is 1. The summed E-state index contributed by atoms with van der Waals surface area (Å²) in [7, 11) is 0. The number of carbonyl (C=O) groups excluding carboxylic acids is 2. The number of amides is 1. The minimum Gasteiger partial charge on any atom is -0.475 e. The number of hydrogen-bond donors (Lipinski definition) is 4. The van der Waals surface area contributed by atoms with Crippen LogP contribution < -0.4 is 16.8 Å². The Kier molecular flexibility index (Phi) is 12.0. The fraction of sp³-hybridized carbons (Fsp3) is 0.333. The number of nitrogens with zero attached hydrogens (tertiary/aromatic N) is 1. The van der Waals surface area contributed by atoms with Crippen molar-refractivity contribution in [2.75, 3.05) is 6.54 Å². The third kappa shape index (κ3) is 10.5. The van der Waals surface area contributed by atoms with Crippen LogP contribution >= 0.6 is 23.1 Å². The van der Waals surface area contributed by atoms with Gasteiger partial charge in [0, 0.05) is 0 Å². The molecule has 2 atom stereocenters. The highest BCUT2D eigenvalue weighted by atomic mass is 32.2. The molecule has 3 rings (SSSR count). The Bertz CT molecular complexity index is 1140. The van der Waals surface area contributed by atoms with Gasteiger partial charge < -0.3 is 21.9 Å². The molecule has 0 radical (unpaired) electrons. The normalized spacial score (nSPS) is 12.8. The Hall–Kier alpha value is -3.00. The predicted octanol–water partition coefficient (Wildman–Crippen LogP) is 3.73. The zero-order chi connectivity index (χ0) is 27.4. The molecule has 0 fully saturated rings. The van der Waals surface area contributed by atoms with Gasteiger partial charge in [0.15, 0.2) is 4.34 Å². The number of alkyl halides is 3. The number of carboxylic acids is 1. The summed E-state index contributed by atoms with van der Waals surface area (Å²) >= 11 is 2.53. The molecule has 1 amide bonds. The van der Waals surface area contributed by atoms with Gasteiger partial charge in [0.05, 0.1) is 22.3 Å². The number of rotatable bonds is 10. The van der Waals surface area contributed by atoms with Crippen LogP contribution in [0.1, 0.15) is 24.8 Å². The first-order valence-corrected chi connectivity index (χ1v) is 12.8. The SMILES string of the molecule is NCCC[C@H](NC(=O)[C@@H](N)CCc1ccccc1)C(=O)Sc1nc2ccccc2s1.O=C(O)C(F)(F)F. The van der Waals surface area contributed by atoms with Crippen molar-refractivity contribution in [1.29, 1.82) is 0 Å². The predicted molar refractivity (Wildman–Crippen MR) is 137 cm³/mol. The average Bonchev–Trinajstić information content (AvgIpc) is 3.27. The van der Waals surface area contributed by atoms with E-state index < -0.39 is 24.2 Å². The molecule has 13 heteroatoms. The Balaban J connectivity index is 0.000000604. The highest BCUT2D eigenvalue weighted by Gasteiger charge is 2.38. The lowest BCUT2D eigenvalue weighted by Gasteiger charge is -2.19. The highest BCUT2D eigenvalue weighted by Crippen LogP contribution is 2.30. The second-order valence-corrected chi connectivity index (χ2v) is 10.1. The molecule has 6 N–H and O–H groups in total. The van der Waals surface area contributed by atoms with Crippen LogP contribution in [0.4, 0.5) is 13.2 Å². The number of benzene rings is 2. The molecule has 1 heterocycles. The van der Waals surface area contributed by atoms with Gasteiger partial charge in [-0.05, 0) is 61.7 Å². The minimum atomic E-state index is -5.08. The van der Waals surface area contributed by atoms with E-state index in [1.807, 2.05) is 54.6 Å². The van der Waals surface area contributed by atoms with Crippen molar-refractivity contribution in [3.05, 3.63) is 60.2 Å².